The molecule has 0 saturated carbocycles. The summed E-state index contributed by atoms with van der Waals surface area (Å²) in [5, 5.41) is 0. The van der Waals surface area contributed by atoms with Gasteiger partial charge in [-0.05, 0) is 6.42 Å². The Hall–Kier alpha value is -1.63. The van der Waals surface area contributed by atoms with Gasteiger partial charge in [0.15, 0.2) is 0 Å². The van der Waals surface area contributed by atoms with Gasteiger partial charge in [0.2, 0.25) is 0 Å². The quantitative estimate of drug-likeness (QED) is 0.301. The van der Waals surface area contributed by atoms with Gasteiger partial charge in [0.1, 0.15) is 0 Å². The van der Waals surface area contributed by atoms with E-state index < -0.39 is 26.5 Å². The molecule has 102 valence electrons. The molecule has 0 radical (unpaired) electrons. The summed E-state index contributed by atoms with van der Waals surface area (Å²) in [7, 11) is -2.87. The third-order valence-electron chi connectivity index (χ3n) is 1.91. The van der Waals surface area contributed by atoms with Crippen molar-refractivity contribution in [1.82, 2.24) is 0 Å². The molecule has 0 aromatic heterocycles. The van der Waals surface area contributed by atoms with Crippen molar-refractivity contribution in [2.45, 2.75) is 32.9 Å². The number of ether oxygens (including phenoxy) is 1. The minimum absolute atomic E-state index is 0.163. The van der Waals surface area contributed by atoms with Crippen LogP contribution in [-0.2, 0) is 28.0 Å². The van der Waals surface area contributed by atoms with E-state index in [0.29, 0.717) is 12.5 Å². The molecule has 0 atom stereocenters. The summed E-state index contributed by atoms with van der Waals surface area (Å²) in [6.07, 6.45) is 1.51. The molecule has 0 aliphatic carbocycles. The van der Waals surface area contributed by atoms with Crippen LogP contribution in [0.5, 0.6) is 0 Å². The molecule has 0 amide bonds. The number of esters is 1. The minimum Gasteiger partial charge on any atom is -0.485 e. The second-order valence-corrected chi connectivity index (χ2v) is 6.97. The number of hydrogen-bond acceptors (Lipinski definition) is 6. The summed E-state index contributed by atoms with van der Waals surface area (Å²) in [5.41, 5.74) is 0. The highest BCUT2D eigenvalue weighted by Crippen LogP contribution is 2.16. The lowest BCUT2D eigenvalue weighted by atomic mass is 10.5. The maximum atomic E-state index is 11.0. The first-order valence-electron chi connectivity index (χ1n) is 5.47. The molecule has 7 heteroatoms. The van der Waals surface area contributed by atoms with Gasteiger partial charge >= 0.3 is 14.5 Å². The Morgan fingerprint density at radius 2 is 1.67 bits per heavy atom. The van der Waals surface area contributed by atoms with Crippen LogP contribution in [0.15, 0.2) is 12.7 Å². The molecule has 18 heavy (non-hydrogen) atoms. The Bertz CT molecular complexity index is 322. The average molecular weight is 274 g/mol. The third kappa shape index (κ3) is 7.61. The second-order valence-electron chi connectivity index (χ2n) is 3.80. The highest BCUT2D eigenvalue weighted by atomic mass is 28.4. The van der Waals surface area contributed by atoms with Crippen LogP contribution < -0.4 is 0 Å². The van der Waals surface area contributed by atoms with E-state index in [2.05, 4.69) is 6.58 Å². The predicted molar refractivity (Wildman–Crippen MR) is 65.7 cm³/mol. The third-order valence-corrected chi connectivity index (χ3v) is 4.61. The zero-order chi connectivity index (χ0) is 14.2. The van der Waals surface area contributed by atoms with Crippen molar-refractivity contribution in [3.63, 3.8) is 0 Å². The smallest absolute Gasteiger partial charge is 0.461 e. The SMILES string of the molecule is C=CC(=O)OCCC[Si](C)(OC(C)=O)OC(C)=O. The topological polar surface area (TPSA) is 78.9 Å². The summed E-state index contributed by atoms with van der Waals surface area (Å²) < 4.78 is 14.9. The number of rotatable bonds is 7. The summed E-state index contributed by atoms with van der Waals surface area (Å²) in [5.74, 6) is -1.50. The van der Waals surface area contributed by atoms with Crippen LogP contribution in [0, 0.1) is 0 Å². The molecular formula is C11H18O6Si. The number of carbonyl (C=O) groups is 3. The van der Waals surface area contributed by atoms with Gasteiger partial charge in [-0.25, -0.2) is 4.79 Å². The summed E-state index contributed by atoms with van der Waals surface area (Å²) in [6.45, 7) is 7.55. The van der Waals surface area contributed by atoms with Crippen LogP contribution in [0.3, 0.4) is 0 Å². The van der Waals surface area contributed by atoms with Crippen molar-refractivity contribution in [2.75, 3.05) is 6.61 Å². The van der Waals surface area contributed by atoms with Gasteiger partial charge in [0.25, 0.3) is 11.9 Å². The van der Waals surface area contributed by atoms with E-state index in [1.807, 2.05) is 0 Å². The molecule has 0 aliphatic heterocycles. The maximum absolute atomic E-state index is 11.0. The van der Waals surface area contributed by atoms with Crippen molar-refractivity contribution in [1.29, 1.82) is 0 Å². The van der Waals surface area contributed by atoms with E-state index in [0.717, 1.165) is 6.08 Å². The number of carbonyl (C=O) groups excluding carboxylic acids is 3. The minimum atomic E-state index is -2.87. The molecule has 6 nitrogen and oxygen atoms in total. The average Bonchev–Trinajstić information content (AvgIpc) is 2.21. The number of hydrogen-bond donors (Lipinski definition) is 0. The van der Waals surface area contributed by atoms with Gasteiger partial charge in [-0.3, -0.25) is 9.59 Å². The fraction of sp³-hybridized carbons (Fsp3) is 0.545. The van der Waals surface area contributed by atoms with Crippen LogP contribution in [0.1, 0.15) is 20.3 Å². The molecule has 0 saturated heterocycles. The van der Waals surface area contributed by atoms with E-state index in [1.54, 1.807) is 6.55 Å². The summed E-state index contributed by atoms with van der Waals surface area (Å²) in [6, 6.07) is 0.372. The van der Waals surface area contributed by atoms with Gasteiger partial charge in [0.05, 0.1) is 6.61 Å². The zero-order valence-electron chi connectivity index (χ0n) is 10.9. The predicted octanol–water partition coefficient (Wildman–Crippen LogP) is 1.30. The summed E-state index contributed by atoms with van der Waals surface area (Å²) >= 11 is 0. The Morgan fingerprint density at radius 1 is 1.17 bits per heavy atom. The molecule has 0 rings (SSSR count). The molecule has 0 heterocycles. The fourth-order valence-electron chi connectivity index (χ4n) is 1.36. The van der Waals surface area contributed by atoms with Gasteiger partial charge in [-0.15, -0.1) is 0 Å². The highest BCUT2D eigenvalue weighted by molar-refractivity contribution is 6.69. The Labute approximate surface area is 107 Å². The van der Waals surface area contributed by atoms with Gasteiger partial charge in [0, 0.05) is 32.5 Å². The first-order chi connectivity index (χ1) is 8.29. The monoisotopic (exact) mass is 274 g/mol. The first-order valence-corrected chi connectivity index (χ1v) is 8.00. The maximum Gasteiger partial charge on any atom is 0.461 e. The molecule has 0 aromatic carbocycles. The summed E-state index contributed by atoms with van der Waals surface area (Å²) in [4.78, 5) is 32.7. The normalized spacial score (nSPS) is 10.4. The highest BCUT2D eigenvalue weighted by Gasteiger charge is 2.37. The largest absolute Gasteiger partial charge is 0.485 e. The lowest BCUT2D eigenvalue weighted by Crippen LogP contribution is -2.41. The van der Waals surface area contributed by atoms with Crippen LogP contribution in [0.4, 0.5) is 0 Å². The van der Waals surface area contributed by atoms with E-state index in [4.69, 9.17) is 13.6 Å². The van der Waals surface area contributed by atoms with Crippen LogP contribution in [0.2, 0.25) is 12.6 Å². The van der Waals surface area contributed by atoms with E-state index >= 15 is 0 Å². The fourth-order valence-corrected chi connectivity index (χ4v) is 3.60. The van der Waals surface area contributed by atoms with E-state index in [-0.39, 0.29) is 6.61 Å². The van der Waals surface area contributed by atoms with Gasteiger partial charge < -0.3 is 13.6 Å². The molecule has 0 aliphatic rings. The molecular weight excluding hydrogens is 256 g/mol. The standard InChI is InChI=1S/C11H18O6Si/c1-5-11(14)15-7-6-8-18(4,16-9(2)12)17-10(3)13/h5H,1,6-8H2,2-4H3. The van der Waals surface area contributed by atoms with Gasteiger partial charge in [-0.2, -0.15) is 0 Å². The Balaban J connectivity index is 4.24. The van der Waals surface area contributed by atoms with Crippen molar-refractivity contribution in [3.8, 4) is 0 Å². The lowest BCUT2D eigenvalue weighted by molar-refractivity contribution is -0.140. The molecule has 0 N–H and O–H groups in total. The second kappa shape index (κ2) is 7.65. The molecule has 0 fully saturated rings. The van der Waals surface area contributed by atoms with E-state index in [9.17, 15) is 14.4 Å². The van der Waals surface area contributed by atoms with Crippen molar-refractivity contribution < 1.29 is 28.0 Å². The van der Waals surface area contributed by atoms with Crippen LogP contribution in [-0.4, -0.2) is 33.1 Å². The van der Waals surface area contributed by atoms with E-state index in [1.165, 1.54) is 13.8 Å². The molecule has 0 aromatic rings. The lowest BCUT2D eigenvalue weighted by Gasteiger charge is -2.24. The first kappa shape index (κ1) is 16.4. The van der Waals surface area contributed by atoms with Crippen molar-refractivity contribution in [3.05, 3.63) is 12.7 Å². The van der Waals surface area contributed by atoms with Crippen LogP contribution >= 0.6 is 0 Å². The molecule has 0 bridgehead atoms. The van der Waals surface area contributed by atoms with Crippen LogP contribution in [0.25, 0.3) is 0 Å². The zero-order valence-corrected chi connectivity index (χ0v) is 11.9. The van der Waals surface area contributed by atoms with Crippen molar-refractivity contribution in [2.24, 2.45) is 0 Å². The van der Waals surface area contributed by atoms with Gasteiger partial charge in [-0.1, -0.05) is 6.58 Å². The van der Waals surface area contributed by atoms with Crippen molar-refractivity contribution >= 4 is 26.5 Å². The molecule has 0 unspecified atom stereocenters. The Kier molecular flexibility index (Phi) is 6.95. The Morgan fingerprint density at radius 3 is 2.06 bits per heavy atom. The molecule has 0 spiro atoms.